The first kappa shape index (κ1) is 14.5. The van der Waals surface area contributed by atoms with Crippen molar-refractivity contribution < 1.29 is 21.3 Å². The third-order valence-corrected chi connectivity index (χ3v) is 6.64. The summed E-state index contributed by atoms with van der Waals surface area (Å²) in [6.45, 7) is -0.0180. The molecule has 1 aliphatic heterocycles. The van der Waals surface area contributed by atoms with Crippen LogP contribution in [0.3, 0.4) is 0 Å². The van der Waals surface area contributed by atoms with Crippen molar-refractivity contribution in [3.05, 3.63) is 17.9 Å². The van der Waals surface area contributed by atoms with Gasteiger partial charge in [0.05, 0.1) is 17.5 Å². The minimum Gasteiger partial charge on any atom is -0.447 e. The van der Waals surface area contributed by atoms with E-state index in [2.05, 4.69) is 4.72 Å². The molecular weight excluding hydrogens is 292 g/mol. The fraction of sp³-hybridized carbons (Fsp3) is 0.600. The zero-order valence-electron chi connectivity index (χ0n) is 10.2. The van der Waals surface area contributed by atoms with Crippen LogP contribution in [0.2, 0.25) is 0 Å². The lowest BCUT2D eigenvalue weighted by Gasteiger charge is -2.09. The Labute approximate surface area is 112 Å². The number of nitrogens with one attached hydrogen (secondary N) is 1. The molecule has 0 bridgehead atoms. The summed E-state index contributed by atoms with van der Waals surface area (Å²) in [5.41, 5.74) is 5.33. The molecule has 2 rings (SSSR count). The van der Waals surface area contributed by atoms with E-state index in [4.69, 9.17) is 10.2 Å². The molecular formula is C10H16N2O5S2. The Morgan fingerprint density at radius 1 is 1.42 bits per heavy atom. The van der Waals surface area contributed by atoms with Crippen LogP contribution in [0.4, 0.5) is 0 Å². The third-order valence-electron chi connectivity index (χ3n) is 3.07. The predicted molar refractivity (Wildman–Crippen MR) is 68.6 cm³/mol. The van der Waals surface area contributed by atoms with Crippen molar-refractivity contribution in [2.24, 2.45) is 5.73 Å². The molecule has 9 heteroatoms. The van der Waals surface area contributed by atoms with Crippen LogP contribution in [0, 0.1) is 0 Å². The predicted octanol–water partition coefficient (Wildman–Crippen LogP) is -0.406. The zero-order valence-corrected chi connectivity index (χ0v) is 11.8. The standard InChI is InChI=1S/C10H16N2O5S2/c11-6-8-3-4-10(17-8)19(15,16)12-7-9-2-1-5-18(9,13)14/h3-4,9,12H,1-2,5-7,11H2. The average Bonchev–Trinajstić information content (AvgIpc) is 2.93. The van der Waals surface area contributed by atoms with Gasteiger partial charge in [-0.15, -0.1) is 0 Å². The van der Waals surface area contributed by atoms with Crippen molar-refractivity contribution in [1.29, 1.82) is 0 Å². The van der Waals surface area contributed by atoms with Crippen LogP contribution in [0.5, 0.6) is 0 Å². The molecule has 19 heavy (non-hydrogen) atoms. The van der Waals surface area contributed by atoms with Gasteiger partial charge in [-0.25, -0.2) is 21.6 Å². The highest BCUT2D eigenvalue weighted by atomic mass is 32.2. The lowest BCUT2D eigenvalue weighted by atomic mass is 10.2. The number of sulfone groups is 1. The highest BCUT2D eigenvalue weighted by molar-refractivity contribution is 7.92. The lowest BCUT2D eigenvalue weighted by molar-refractivity contribution is 0.412. The van der Waals surface area contributed by atoms with Crippen molar-refractivity contribution >= 4 is 19.9 Å². The largest absolute Gasteiger partial charge is 0.447 e. The molecule has 1 unspecified atom stereocenters. The van der Waals surface area contributed by atoms with Gasteiger partial charge in [0, 0.05) is 6.54 Å². The summed E-state index contributed by atoms with van der Waals surface area (Å²) in [5.74, 6) is 0.478. The van der Waals surface area contributed by atoms with Crippen molar-refractivity contribution in [2.45, 2.75) is 29.7 Å². The van der Waals surface area contributed by atoms with E-state index in [1.165, 1.54) is 12.1 Å². The quantitative estimate of drug-likeness (QED) is 0.763. The fourth-order valence-electron chi connectivity index (χ4n) is 1.97. The first-order chi connectivity index (χ1) is 8.85. The molecule has 1 atom stereocenters. The van der Waals surface area contributed by atoms with Crippen molar-refractivity contribution in [3.63, 3.8) is 0 Å². The first-order valence-electron chi connectivity index (χ1n) is 5.85. The van der Waals surface area contributed by atoms with Gasteiger partial charge >= 0.3 is 0 Å². The van der Waals surface area contributed by atoms with Crippen LogP contribution in [0.1, 0.15) is 18.6 Å². The Hall–Kier alpha value is -0.900. The van der Waals surface area contributed by atoms with E-state index < -0.39 is 25.1 Å². The highest BCUT2D eigenvalue weighted by Crippen LogP contribution is 2.20. The Kier molecular flexibility index (Phi) is 4.00. The van der Waals surface area contributed by atoms with Crippen molar-refractivity contribution in [2.75, 3.05) is 12.3 Å². The minimum absolute atomic E-state index is 0.104. The number of hydrogen-bond acceptors (Lipinski definition) is 6. The van der Waals surface area contributed by atoms with Gasteiger partial charge in [-0.1, -0.05) is 0 Å². The van der Waals surface area contributed by atoms with Crippen LogP contribution in [0.15, 0.2) is 21.6 Å². The molecule has 7 nitrogen and oxygen atoms in total. The topological polar surface area (TPSA) is 119 Å². The number of sulfonamides is 1. The second kappa shape index (κ2) is 5.23. The van der Waals surface area contributed by atoms with E-state index in [1.54, 1.807) is 0 Å². The maximum Gasteiger partial charge on any atom is 0.273 e. The summed E-state index contributed by atoms with van der Waals surface area (Å²) < 4.78 is 54.3. The molecule has 3 N–H and O–H groups in total. The average molecular weight is 308 g/mol. The number of hydrogen-bond donors (Lipinski definition) is 2. The number of nitrogens with two attached hydrogens (primary N) is 1. The van der Waals surface area contributed by atoms with E-state index in [1.807, 2.05) is 0 Å². The molecule has 0 saturated carbocycles. The zero-order chi connectivity index (χ0) is 14.1. The van der Waals surface area contributed by atoms with Gasteiger partial charge in [-0.05, 0) is 25.0 Å². The van der Waals surface area contributed by atoms with Gasteiger partial charge in [0.1, 0.15) is 5.76 Å². The molecule has 2 heterocycles. The van der Waals surface area contributed by atoms with Crippen molar-refractivity contribution in [1.82, 2.24) is 4.72 Å². The van der Waals surface area contributed by atoms with Gasteiger partial charge in [0.2, 0.25) is 5.09 Å². The third kappa shape index (κ3) is 3.16. The Balaban J connectivity index is 2.06. The first-order valence-corrected chi connectivity index (χ1v) is 9.05. The smallest absolute Gasteiger partial charge is 0.273 e. The molecule has 1 aromatic heterocycles. The molecule has 0 amide bonds. The maximum atomic E-state index is 11.9. The Bertz CT molecular complexity index is 647. The molecule has 1 saturated heterocycles. The van der Waals surface area contributed by atoms with Crippen LogP contribution in [-0.2, 0) is 26.4 Å². The second-order valence-electron chi connectivity index (χ2n) is 4.41. The minimum atomic E-state index is -3.82. The Morgan fingerprint density at radius 2 is 2.16 bits per heavy atom. The molecule has 0 spiro atoms. The summed E-state index contributed by atoms with van der Waals surface area (Å²) in [5, 5.41) is -0.894. The molecule has 0 radical (unpaired) electrons. The van der Waals surface area contributed by atoms with Crippen molar-refractivity contribution in [3.8, 4) is 0 Å². The van der Waals surface area contributed by atoms with Gasteiger partial charge in [0.25, 0.3) is 10.0 Å². The van der Waals surface area contributed by atoms with Crippen LogP contribution >= 0.6 is 0 Å². The second-order valence-corrected chi connectivity index (χ2v) is 8.51. The van der Waals surface area contributed by atoms with Gasteiger partial charge in [-0.2, -0.15) is 0 Å². The maximum absolute atomic E-state index is 11.9. The van der Waals surface area contributed by atoms with E-state index in [-0.39, 0.29) is 23.9 Å². The molecule has 1 fully saturated rings. The van der Waals surface area contributed by atoms with Crippen LogP contribution in [-0.4, -0.2) is 34.4 Å². The molecule has 1 aromatic rings. The van der Waals surface area contributed by atoms with E-state index in [0.717, 1.165) is 0 Å². The molecule has 0 aromatic carbocycles. The molecule has 0 aliphatic carbocycles. The summed E-state index contributed by atoms with van der Waals surface area (Å²) in [4.78, 5) is 0. The van der Waals surface area contributed by atoms with Gasteiger partial charge < -0.3 is 10.2 Å². The lowest BCUT2D eigenvalue weighted by Crippen LogP contribution is -2.34. The summed E-state index contributed by atoms with van der Waals surface area (Å²) in [7, 11) is -6.99. The van der Waals surface area contributed by atoms with E-state index in [0.29, 0.717) is 18.6 Å². The summed E-state index contributed by atoms with van der Waals surface area (Å²) >= 11 is 0. The normalized spacial score (nSPS) is 22.7. The molecule has 1 aliphatic rings. The van der Waals surface area contributed by atoms with Gasteiger partial charge in [0.15, 0.2) is 9.84 Å². The van der Waals surface area contributed by atoms with Crippen LogP contribution < -0.4 is 10.5 Å². The SMILES string of the molecule is NCc1ccc(S(=O)(=O)NCC2CCCS2(=O)=O)o1. The summed E-state index contributed by atoms with van der Waals surface area (Å²) in [6.07, 6.45) is 1.06. The van der Waals surface area contributed by atoms with Gasteiger partial charge in [-0.3, -0.25) is 0 Å². The number of furan rings is 1. The fourth-order valence-corrected chi connectivity index (χ4v) is 4.87. The molecule has 108 valence electrons. The Morgan fingerprint density at radius 3 is 2.68 bits per heavy atom. The van der Waals surface area contributed by atoms with E-state index in [9.17, 15) is 16.8 Å². The summed E-state index contributed by atoms with van der Waals surface area (Å²) in [6, 6.07) is 2.77. The van der Waals surface area contributed by atoms with E-state index >= 15 is 0 Å². The number of rotatable bonds is 5. The van der Waals surface area contributed by atoms with Crippen LogP contribution in [0.25, 0.3) is 0 Å². The monoisotopic (exact) mass is 308 g/mol. The highest BCUT2D eigenvalue weighted by Gasteiger charge is 2.32.